The third-order valence-corrected chi connectivity index (χ3v) is 9.81. The van der Waals surface area contributed by atoms with Gasteiger partial charge in [-0.25, -0.2) is 9.97 Å². The predicted octanol–water partition coefficient (Wildman–Crippen LogP) is 4.82. The van der Waals surface area contributed by atoms with Gasteiger partial charge in [0.25, 0.3) is 0 Å². The van der Waals surface area contributed by atoms with Gasteiger partial charge in [-0.15, -0.1) is 0 Å². The Hall–Kier alpha value is -2.00. The van der Waals surface area contributed by atoms with Crippen molar-refractivity contribution in [2.75, 3.05) is 19.0 Å². The standard InChI is InChI=1S/C26H36N4O2/c1-26-10-9-20-19-5-3-16(14-32-2)11-17(19)4-6-21(20)22(26)7-8-23(26)25(31)30-24-12-18(13-27)28-15-29-24/h12,15-17,19-23H,3-11,14H2,1-2H3,(H,28,29,30,31). The van der Waals surface area contributed by atoms with E-state index in [4.69, 9.17) is 10.00 Å². The quantitative estimate of drug-likeness (QED) is 0.731. The Labute approximate surface area is 191 Å². The van der Waals surface area contributed by atoms with E-state index in [0.29, 0.717) is 11.7 Å². The molecule has 1 aromatic rings. The highest BCUT2D eigenvalue weighted by Crippen LogP contribution is 2.64. The smallest absolute Gasteiger partial charge is 0.229 e. The van der Waals surface area contributed by atoms with Crippen LogP contribution in [-0.4, -0.2) is 29.6 Å². The molecule has 1 amide bonds. The first kappa shape index (κ1) is 21.8. The molecule has 0 aromatic carbocycles. The lowest BCUT2D eigenvalue weighted by Gasteiger charge is -2.56. The highest BCUT2D eigenvalue weighted by atomic mass is 16.5. The molecule has 8 atom stereocenters. The van der Waals surface area contributed by atoms with Crippen molar-refractivity contribution in [2.24, 2.45) is 46.8 Å². The summed E-state index contributed by atoms with van der Waals surface area (Å²) in [5.74, 6) is 5.40. The number of aromatic nitrogens is 2. The van der Waals surface area contributed by atoms with E-state index in [-0.39, 0.29) is 22.9 Å². The largest absolute Gasteiger partial charge is 0.384 e. The number of amides is 1. The lowest BCUT2D eigenvalue weighted by molar-refractivity contribution is -0.127. The fraction of sp³-hybridized carbons (Fsp3) is 0.769. The third kappa shape index (κ3) is 3.73. The highest BCUT2D eigenvalue weighted by molar-refractivity contribution is 5.92. The van der Waals surface area contributed by atoms with Gasteiger partial charge in [-0.1, -0.05) is 6.92 Å². The van der Waals surface area contributed by atoms with Crippen LogP contribution in [0.2, 0.25) is 0 Å². The minimum absolute atomic E-state index is 0.0316. The van der Waals surface area contributed by atoms with Crippen LogP contribution in [0.1, 0.15) is 70.4 Å². The van der Waals surface area contributed by atoms with Crippen LogP contribution in [0, 0.1) is 58.2 Å². The number of methoxy groups -OCH3 is 1. The van der Waals surface area contributed by atoms with Crippen molar-refractivity contribution in [2.45, 2.75) is 64.7 Å². The average molecular weight is 437 g/mol. The molecule has 4 aliphatic rings. The van der Waals surface area contributed by atoms with Crippen LogP contribution in [0.15, 0.2) is 12.4 Å². The summed E-state index contributed by atoms with van der Waals surface area (Å²) in [4.78, 5) is 21.4. The van der Waals surface area contributed by atoms with Crippen molar-refractivity contribution >= 4 is 11.7 Å². The molecule has 6 nitrogen and oxygen atoms in total. The van der Waals surface area contributed by atoms with Gasteiger partial charge in [-0.2, -0.15) is 5.26 Å². The first-order valence-corrected chi connectivity index (χ1v) is 12.6. The van der Waals surface area contributed by atoms with E-state index in [0.717, 1.165) is 49.0 Å². The van der Waals surface area contributed by atoms with Gasteiger partial charge in [0.05, 0.1) is 0 Å². The zero-order valence-electron chi connectivity index (χ0n) is 19.4. The van der Waals surface area contributed by atoms with Crippen LogP contribution in [0.5, 0.6) is 0 Å². The van der Waals surface area contributed by atoms with Gasteiger partial charge >= 0.3 is 0 Å². The number of nitrogens with zero attached hydrogens (tertiary/aromatic N) is 3. The van der Waals surface area contributed by atoms with Crippen LogP contribution < -0.4 is 5.32 Å². The first-order valence-electron chi connectivity index (χ1n) is 12.6. The van der Waals surface area contributed by atoms with E-state index in [2.05, 4.69) is 22.2 Å². The monoisotopic (exact) mass is 436 g/mol. The number of nitriles is 1. The molecular weight excluding hydrogens is 400 g/mol. The summed E-state index contributed by atoms with van der Waals surface area (Å²) in [6, 6.07) is 3.58. The summed E-state index contributed by atoms with van der Waals surface area (Å²) >= 11 is 0. The highest BCUT2D eigenvalue weighted by Gasteiger charge is 2.58. The Kier molecular flexibility index (Phi) is 5.96. The number of hydrogen-bond donors (Lipinski definition) is 1. The Morgan fingerprint density at radius 1 is 1.16 bits per heavy atom. The zero-order chi connectivity index (χ0) is 22.3. The molecule has 0 radical (unpaired) electrons. The lowest BCUT2D eigenvalue weighted by atomic mass is 9.49. The summed E-state index contributed by atoms with van der Waals surface area (Å²) in [5.41, 5.74) is 0.361. The molecule has 0 saturated heterocycles. The SMILES string of the molecule is COCC1CCC2C(CCC3C2CCC2(C)C(C(=O)Nc4cc(C#N)ncn4)CCC32)C1. The van der Waals surface area contributed by atoms with E-state index in [1.165, 1.54) is 51.3 Å². The van der Waals surface area contributed by atoms with Crippen molar-refractivity contribution < 1.29 is 9.53 Å². The number of ether oxygens (including phenoxy) is 1. The number of hydrogen-bond acceptors (Lipinski definition) is 5. The molecule has 1 N–H and O–H groups in total. The molecule has 1 heterocycles. The fourth-order valence-corrected chi connectivity index (χ4v) is 8.47. The molecule has 4 aliphatic carbocycles. The Morgan fingerprint density at radius 3 is 2.81 bits per heavy atom. The number of carbonyl (C=O) groups is 1. The normalized spacial score (nSPS) is 40.5. The molecule has 8 unspecified atom stereocenters. The molecule has 6 heteroatoms. The predicted molar refractivity (Wildman–Crippen MR) is 121 cm³/mol. The summed E-state index contributed by atoms with van der Waals surface area (Å²) in [7, 11) is 1.84. The Morgan fingerprint density at radius 2 is 2.00 bits per heavy atom. The van der Waals surface area contributed by atoms with Crippen LogP contribution >= 0.6 is 0 Å². The van der Waals surface area contributed by atoms with E-state index >= 15 is 0 Å². The van der Waals surface area contributed by atoms with Crippen molar-refractivity contribution in [3.63, 3.8) is 0 Å². The van der Waals surface area contributed by atoms with E-state index in [1.54, 1.807) is 6.07 Å². The molecule has 0 bridgehead atoms. The number of fused-ring (bicyclic) bond motifs is 5. The molecule has 0 aliphatic heterocycles. The number of carbonyl (C=O) groups excluding carboxylic acids is 1. The Bertz CT molecular complexity index is 898. The lowest BCUT2D eigenvalue weighted by Crippen LogP contribution is -2.50. The molecule has 1 aromatic heterocycles. The fourth-order valence-electron chi connectivity index (χ4n) is 8.47. The van der Waals surface area contributed by atoms with Gasteiger partial charge < -0.3 is 10.1 Å². The van der Waals surface area contributed by atoms with Crippen LogP contribution in [0.25, 0.3) is 0 Å². The van der Waals surface area contributed by atoms with Crippen molar-refractivity contribution in [3.8, 4) is 6.07 Å². The van der Waals surface area contributed by atoms with Gasteiger partial charge in [-0.3, -0.25) is 4.79 Å². The van der Waals surface area contributed by atoms with Crippen molar-refractivity contribution in [1.29, 1.82) is 5.26 Å². The number of anilines is 1. The second-order valence-corrected chi connectivity index (χ2v) is 11.1. The van der Waals surface area contributed by atoms with Gasteiger partial charge in [-0.05, 0) is 98.7 Å². The molecule has 0 spiro atoms. The maximum Gasteiger partial charge on any atom is 0.229 e. The number of rotatable bonds is 4. The summed E-state index contributed by atoms with van der Waals surface area (Å²) in [6.45, 7) is 3.31. The maximum absolute atomic E-state index is 13.3. The van der Waals surface area contributed by atoms with Gasteiger partial charge in [0.1, 0.15) is 23.9 Å². The molecule has 172 valence electrons. The van der Waals surface area contributed by atoms with Crippen LogP contribution in [0.4, 0.5) is 5.82 Å². The van der Waals surface area contributed by atoms with Gasteiger partial charge in [0, 0.05) is 25.7 Å². The summed E-state index contributed by atoms with van der Waals surface area (Å²) < 4.78 is 5.47. The van der Waals surface area contributed by atoms with Crippen LogP contribution in [0.3, 0.4) is 0 Å². The molecule has 5 rings (SSSR count). The Balaban J connectivity index is 1.28. The maximum atomic E-state index is 13.3. The molecule has 4 fully saturated rings. The van der Waals surface area contributed by atoms with Gasteiger partial charge in [0.15, 0.2) is 0 Å². The van der Waals surface area contributed by atoms with Crippen molar-refractivity contribution in [1.82, 2.24) is 9.97 Å². The first-order chi connectivity index (χ1) is 15.5. The van der Waals surface area contributed by atoms with E-state index in [1.807, 2.05) is 13.2 Å². The second-order valence-electron chi connectivity index (χ2n) is 11.1. The van der Waals surface area contributed by atoms with Crippen LogP contribution in [-0.2, 0) is 9.53 Å². The van der Waals surface area contributed by atoms with E-state index < -0.39 is 0 Å². The molecule has 4 saturated carbocycles. The summed E-state index contributed by atoms with van der Waals surface area (Å²) in [5, 5.41) is 12.1. The third-order valence-electron chi connectivity index (χ3n) is 9.81. The molecular formula is C26H36N4O2. The average Bonchev–Trinajstić information content (AvgIpc) is 3.16. The van der Waals surface area contributed by atoms with Gasteiger partial charge in [0.2, 0.25) is 5.91 Å². The minimum Gasteiger partial charge on any atom is -0.384 e. The second kappa shape index (κ2) is 8.74. The minimum atomic E-state index is 0.0316. The number of nitrogens with one attached hydrogen (secondary N) is 1. The van der Waals surface area contributed by atoms with E-state index in [9.17, 15) is 4.79 Å². The topological polar surface area (TPSA) is 87.9 Å². The molecule has 32 heavy (non-hydrogen) atoms. The van der Waals surface area contributed by atoms with Crippen molar-refractivity contribution in [3.05, 3.63) is 18.1 Å². The summed E-state index contributed by atoms with van der Waals surface area (Å²) in [6.07, 6.45) is 12.7. The zero-order valence-corrected chi connectivity index (χ0v) is 19.4.